The number of aromatic nitrogens is 2. The number of amides is 1. The summed E-state index contributed by atoms with van der Waals surface area (Å²) in [7, 11) is 0. The van der Waals surface area contributed by atoms with Gasteiger partial charge >= 0.3 is 0 Å². The molecule has 0 atom stereocenters. The van der Waals surface area contributed by atoms with Crippen molar-refractivity contribution >= 4 is 5.91 Å². The summed E-state index contributed by atoms with van der Waals surface area (Å²) in [5.41, 5.74) is 1.99. The summed E-state index contributed by atoms with van der Waals surface area (Å²) in [6.45, 7) is 6.89. The SMILES string of the molecule is CCCn1ncc(C(=O)N2CCC(CC)(CO)CC2)c1C1CC1. The van der Waals surface area contributed by atoms with Crippen LogP contribution in [-0.4, -0.2) is 45.4 Å². The number of aliphatic hydroxyl groups is 1. The molecule has 5 heteroatoms. The quantitative estimate of drug-likeness (QED) is 0.877. The van der Waals surface area contributed by atoms with Gasteiger partial charge in [0.15, 0.2) is 0 Å². The van der Waals surface area contributed by atoms with Gasteiger partial charge in [0.05, 0.1) is 17.5 Å². The second-order valence-electron chi connectivity index (χ2n) is 7.24. The molecule has 128 valence electrons. The Morgan fingerprint density at radius 1 is 1.35 bits per heavy atom. The van der Waals surface area contributed by atoms with Gasteiger partial charge in [0.25, 0.3) is 5.91 Å². The third-order valence-corrected chi connectivity index (χ3v) is 5.71. The van der Waals surface area contributed by atoms with E-state index in [0.29, 0.717) is 5.92 Å². The zero-order valence-corrected chi connectivity index (χ0v) is 14.4. The van der Waals surface area contributed by atoms with Crippen molar-refractivity contribution in [2.45, 2.75) is 64.8 Å². The number of likely N-dealkylation sites (tertiary alicyclic amines) is 1. The highest BCUT2D eigenvalue weighted by molar-refractivity contribution is 5.95. The fraction of sp³-hybridized carbons (Fsp3) is 0.778. The van der Waals surface area contributed by atoms with Crippen LogP contribution in [0.3, 0.4) is 0 Å². The smallest absolute Gasteiger partial charge is 0.257 e. The van der Waals surface area contributed by atoms with Crippen LogP contribution in [0.15, 0.2) is 6.20 Å². The molecule has 1 aromatic rings. The van der Waals surface area contributed by atoms with Gasteiger partial charge in [-0.1, -0.05) is 13.8 Å². The first kappa shape index (κ1) is 16.5. The zero-order valence-electron chi connectivity index (χ0n) is 14.4. The fourth-order valence-corrected chi connectivity index (χ4v) is 3.71. The predicted molar refractivity (Wildman–Crippen MR) is 89.4 cm³/mol. The lowest BCUT2D eigenvalue weighted by molar-refractivity contribution is 0.0337. The number of aryl methyl sites for hydroxylation is 1. The third kappa shape index (κ3) is 3.16. The summed E-state index contributed by atoms with van der Waals surface area (Å²) in [4.78, 5) is 14.9. The molecule has 2 fully saturated rings. The maximum atomic E-state index is 13.0. The van der Waals surface area contributed by atoms with Gasteiger partial charge in [0.2, 0.25) is 0 Å². The van der Waals surface area contributed by atoms with E-state index in [9.17, 15) is 9.90 Å². The summed E-state index contributed by atoms with van der Waals surface area (Å²) in [5, 5.41) is 14.1. The largest absolute Gasteiger partial charge is 0.396 e. The molecular weight excluding hydrogens is 290 g/mol. The number of aliphatic hydroxyl groups excluding tert-OH is 1. The van der Waals surface area contributed by atoms with Gasteiger partial charge in [0, 0.05) is 32.2 Å². The monoisotopic (exact) mass is 319 g/mol. The van der Waals surface area contributed by atoms with Gasteiger partial charge in [-0.3, -0.25) is 9.48 Å². The van der Waals surface area contributed by atoms with Crippen LogP contribution in [0.1, 0.15) is 74.3 Å². The van der Waals surface area contributed by atoms with Crippen molar-refractivity contribution in [1.82, 2.24) is 14.7 Å². The minimum atomic E-state index is 0.0164. The van der Waals surface area contributed by atoms with Crippen molar-refractivity contribution in [3.63, 3.8) is 0 Å². The van der Waals surface area contributed by atoms with Gasteiger partial charge in [-0.2, -0.15) is 5.10 Å². The second kappa shape index (κ2) is 6.63. The van der Waals surface area contributed by atoms with Crippen LogP contribution in [0.2, 0.25) is 0 Å². The molecular formula is C18H29N3O2. The molecule has 0 radical (unpaired) electrons. The number of piperidine rings is 1. The molecule has 1 saturated heterocycles. The molecule has 0 aromatic carbocycles. The first-order valence-corrected chi connectivity index (χ1v) is 9.10. The van der Waals surface area contributed by atoms with Gasteiger partial charge in [-0.25, -0.2) is 0 Å². The molecule has 23 heavy (non-hydrogen) atoms. The average molecular weight is 319 g/mol. The second-order valence-corrected chi connectivity index (χ2v) is 7.24. The highest BCUT2D eigenvalue weighted by Crippen LogP contribution is 2.42. The molecule has 1 amide bonds. The fourth-order valence-electron chi connectivity index (χ4n) is 3.71. The maximum Gasteiger partial charge on any atom is 0.257 e. The molecule has 2 aliphatic rings. The number of carbonyl (C=O) groups is 1. The lowest BCUT2D eigenvalue weighted by Crippen LogP contribution is -2.44. The molecule has 0 spiro atoms. The number of hydrogen-bond acceptors (Lipinski definition) is 3. The van der Waals surface area contributed by atoms with E-state index in [2.05, 4.69) is 18.9 Å². The van der Waals surface area contributed by atoms with Crippen molar-refractivity contribution in [2.24, 2.45) is 5.41 Å². The highest BCUT2D eigenvalue weighted by Gasteiger charge is 2.37. The van der Waals surface area contributed by atoms with Crippen LogP contribution >= 0.6 is 0 Å². The first-order chi connectivity index (χ1) is 11.1. The highest BCUT2D eigenvalue weighted by atomic mass is 16.3. The van der Waals surface area contributed by atoms with Crippen molar-refractivity contribution < 1.29 is 9.90 Å². The lowest BCUT2D eigenvalue weighted by atomic mass is 9.77. The molecule has 1 aliphatic carbocycles. The summed E-state index contributed by atoms with van der Waals surface area (Å²) in [6.07, 6.45) is 7.94. The number of rotatable bonds is 6. The van der Waals surface area contributed by atoms with E-state index in [0.717, 1.165) is 56.6 Å². The number of carbonyl (C=O) groups excluding carboxylic acids is 1. The molecule has 3 rings (SSSR count). The van der Waals surface area contributed by atoms with E-state index in [-0.39, 0.29) is 17.9 Å². The Morgan fingerprint density at radius 3 is 2.57 bits per heavy atom. The summed E-state index contributed by atoms with van der Waals surface area (Å²) in [5.74, 6) is 0.664. The van der Waals surface area contributed by atoms with Crippen molar-refractivity contribution in [2.75, 3.05) is 19.7 Å². The Morgan fingerprint density at radius 2 is 2.04 bits per heavy atom. The van der Waals surface area contributed by atoms with Crippen LogP contribution in [0.4, 0.5) is 0 Å². The average Bonchev–Trinajstić information content (AvgIpc) is 3.35. The van der Waals surface area contributed by atoms with Crippen LogP contribution in [0.5, 0.6) is 0 Å². The van der Waals surface area contributed by atoms with E-state index < -0.39 is 0 Å². The van der Waals surface area contributed by atoms with Crippen molar-refractivity contribution in [3.8, 4) is 0 Å². The van der Waals surface area contributed by atoms with Crippen LogP contribution in [0.25, 0.3) is 0 Å². The summed E-state index contributed by atoms with van der Waals surface area (Å²) >= 11 is 0. The topological polar surface area (TPSA) is 58.4 Å². The van der Waals surface area contributed by atoms with Crippen LogP contribution in [0, 0.1) is 5.41 Å². The molecule has 1 N–H and O–H groups in total. The van der Waals surface area contributed by atoms with Gasteiger partial charge < -0.3 is 10.0 Å². The molecule has 1 aromatic heterocycles. The minimum Gasteiger partial charge on any atom is -0.396 e. The Labute approximate surface area is 138 Å². The Kier molecular flexibility index (Phi) is 4.76. The van der Waals surface area contributed by atoms with E-state index in [1.807, 2.05) is 9.58 Å². The van der Waals surface area contributed by atoms with E-state index >= 15 is 0 Å². The Balaban J connectivity index is 1.74. The van der Waals surface area contributed by atoms with Gasteiger partial charge in [-0.15, -0.1) is 0 Å². The van der Waals surface area contributed by atoms with Gasteiger partial charge in [-0.05, 0) is 43.9 Å². The van der Waals surface area contributed by atoms with Crippen LogP contribution < -0.4 is 0 Å². The van der Waals surface area contributed by atoms with E-state index in [1.54, 1.807) is 6.20 Å². The van der Waals surface area contributed by atoms with Crippen molar-refractivity contribution in [3.05, 3.63) is 17.5 Å². The Bertz CT molecular complexity index is 549. The first-order valence-electron chi connectivity index (χ1n) is 9.10. The Hall–Kier alpha value is -1.36. The third-order valence-electron chi connectivity index (χ3n) is 5.71. The molecule has 0 unspecified atom stereocenters. The lowest BCUT2D eigenvalue weighted by Gasteiger charge is -2.40. The van der Waals surface area contributed by atoms with Crippen molar-refractivity contribution in [1.29, 1.82) is 0 Å². The summed E-state index contributed by atoms with van der Waals surface area (Å²) < 4.78 is 2.04. The zero-order chi connectivity index (χ0) is 16.4. The molecule has 1 aliphatic heterocycles. The molecule has 0 bridgehead atoms. The number of hydrogen-bond donors (Lipinski definition) is 1. The van der Waals surface area contributed by atoms with E-state index in [1.165, 1.54) is 12.8 Å². The van der Waals surface area contributed by atoms with Crippen LogP contribution in [-0.2, 0) is 6.54 Å². The molecule has 5 nitrogen and oxygen atoms in total. The predicted octanol–water partition coefficient (Wildman–Crippen LogP) is 2.80. The normalized spacial score (nSPS) is 20.7. The molecule has 1 saturated carbocycles. The van der Waals surface area contributed by atoms with Gasteiger partial charge in [0.1, 0.15) is 0 Å². The molecule has 2 heterocycles. The maximum absolute atomic E-state index is 13.0. The standard InChI is InChI=1S/C18H29N3O2/c1-3-9-21-16(14-5-6-14)15(12-19-21)17(23)20-10-7-18(4-2,13-22)8-11-20/h12,14,22H,3-11,13H2,1-2H3. The minimum absolute atomic E-state index is 0.0164. The summed E-state index contributed by atoms with van der Waals surface area (Å²) in [6, 6.07) is 0. The number of nitrogens with zero attached hydrogens (tertiary/aromatic N) is 3. The van der Waals surface area contributed by atoms with E-state index in [4.69, 9.17) is 0 Å².